The average molecular weight is 467 g/mol. The molecule has 4 aromatic rings. The van der Waals surface area contributed by atoms with E-state index in [-0.39, 0.29) is 0 Å². The summed E-state index contributed by atoms with van der Waals surface area (Å²) in [6.07, 6.45) is 7.57. The fourth-order valence-electron chi connectivity index (χ4n) is 6.59. The minimum absolute atomic E-state index is 0.785. The van der Waals surface area contributed by atoms with Gasteiger partial charge in [-0.1, -0.05) is 132 Å². The molecular formula is C36H34. The van der Waals surface area contributed by atoms with Gasteiger partial charge in [-0.15, -0.1) is 0 Å². The highest BCUT2D eigenvalue weighted by Gasteiger charge is 2.34. The molecule has 0 spiro atoms. The van der Waals surface area contributed by atoms with E-state index in [1.54, 1.807) is 11.1 Å². The fourth-order valence-corrected chi connectivity index (χ4v) is 6.59. The third kappa shape index (κ3) is 4.73. The number of rotatable bonds is 5. The lowest BCUT2D eigenvalue weighted by Gasteiger charge is -2.19. The van der Waals surface area contributed by atoms with Crippen LogP contribution in [0.1, 0.15) is 60.8 Å². The largest absolute Gasteiger partial charge is 0.0622 e. The Morgan fingerprint density at radius 3 is 0.944 bits per heavy atom. The van der Waals surface area contributed by atoms with Gasteiger partial charge in [-0.25, -0.2) is 0 Å². The topological polar surface area (TPSA) is 0 Å². The van der Waals surface area contributed by atoms with Crippen molar-refractivity contribution in [2.75, 3.05) is 0 Å². The van der Waals surface area contributed by atoms with E-state index in [1.807, 2.05) is 0 Å². The van der Waals surface area contributed by atoms with Crippen molar-refractivity contribution in [1.82, 2.24) is 0 Å². The summed E-state index contributed by atoms with van der Waals surface area (Å²) in [5.41, 5.74) is 11.7. The summed E-state index contributed by atoms with van der Waals surface area (Å²) < 4.78 is 0. The number of hydrogen-bond donors (Lipinski definition) is 0. The Bertz CT molecular complexity index is 1150. The zero-order valence-electron chi connectivity index (χ0n) is 20.9. The molecule has 2 aliphatic carbocycles. The fraction of sp³-hybridized carbons (Fsp3) is 0.222. The van der Waals surface area contributed by atoms with Crippen LogP contribution in [0.4, 0.5) is 0 Å². The summed E-state index contributed by atoms with van der Waals surface area (Å²) >= 11 is 0. The number of benzene rings is 4. The summed E-state index contributed by atoms with van der Waals surface area (Å²) in [6, 6.07) is 44.2. The van der Waals surface area contributed by atoms with Crippen LogP contribution in [0.5, 0.6) is 0 Å². The Hall–Kier alpha value is -3.64. The van der Waals surface area contributed by atoms with E-state index in [0.717, 1.165) is 11.8 Å². The number of allylic oxidation sites excluding steroid dienone is 2. The van der Waals surface area contributed by atoms with Gasteiger partial charge in [0.1, 0.15) is 0 Å². The molecule has 0 radical (unpaired) electrons. The predicted molar refractivity (Wildman–Crippen MR) is 152 cm³/mol. The highest BCUT2D eigenvalue weighted by molar-refractivity contribution is 5.83. The Kier molecular flexibility index (Phi) is 6.68. The van der Waals surface area contributed by atoms with Crippen LogP contribution in [-0.4, -0.2) is 0 Å². The molecule has 2 fully saturated rings. The van der Waals surface area contributed by atoms with Gasteiger partial charge in [0.15, 0.2) is 0 Å². The van der Waals surface area contributed by atoms with Crippen molar-refractivity contribution in [2.45, 2.75) is 38.5 Å². The van der Waals surface area contributed by atoms with Crippen molar-refractivity contribution in [1.29, 1.82) is 0 Å². The van der Waals surface area contributed by atoms with Crippen molar-refractivity contribution in [3.05, 3.63) is 155 Å². The standard InChI is InChI=1S/C36H34/c1-5-13-27(14-6-1)35(28-15-7-2-8-16-28)33-23-21-31(25-33)32-22-24-34(26-32)36(29-17-9-3-10-18-29)30-19-11-4-12-20-30/h1-20,31-32H,21-26H2. The summed E-state index contributed by atoms with van der Waals surface area (Å²) in [6.45, 7) is 0. The van der Waals surface area contributed by atoms with Gasteiger partial charge >= 0.3 is 0 Å². The van der Waals surface area contributed by atoms with E-state index in [0.29, 0.717) is 0 Å². The molecule has 0 saturated heterocycles. The molecule has 178 valence electrons. The van der Waals surface area contributed by atoms with Crippen molar-refractivity contribution in [2.24, 2.45) is 11.8 Å². The Morgan fingerprint density at radius 2 is 0.667 bits per heavy atom. The van der Waals surface area contributed by atoms with Crippen molar-refractivity contribution < 1.29 is 0 Å². The quantitative estimate of drug-likeness (QED) is 0.275. The molecule has 0 heteroatoms. The lowest BCUT2D eigenvalue weighted by molar-refractivity contribution is 0.356. The van der Waals surface area contributed by atoms with Crippen LogP contribution in [0.25, 0.3) is 11.1 Å². The van der Waals surface area contributed by atoms with Gasteiger partial charge in [-0.3, -0.25) is 0 Å². The van der Waals surface area contributed by atoms with Gasteiger partial charge in [0, 0.05) is 0 Å². The highest BCUT2D eigenvalue weighted by atomic mass is 14.4. The van der Waals surface area contributed by atoms with Gasteiger partial charge in [-0.05, 0) is 83.8 Å². The van der Waals surface area contributed by atoms with Crippen LogP contribution >= 0.6 is 0 Å². The zero-order chi connectivity index (χ0) is 24.2. The molecule has 2 atom stereocenters. The van der Waals surface area contributed by atoms with Gasteiger partial charge in [0.05, 0.1) is 0 Å². The smallest absolute Gasteiger partial charge is 0.0119 e. The Labute approximate surface area is 216 Å². The maximum Gasteiger partial charge on any atom is -0.0119 e. The molecule has 0 bridgehead atoms. The predicted octanol–water partition coefficient (Wildman–Crippen LogP) is 9.59. The molecule has 6 rings (SSSR count). The van der Waals surface area contributed by atoms with Gasteiger partial charge in [-0.2, -0.15) is 0 Å². The molecule has 0 heterocycles. The molecule has 0 N–H and O–H groups in total. The first-order valence-electron chi connectivity index (χ1n) is 13.5. The number of hydrogen-bond acceptors (Lipinski definition) is 0. The van der Waals surface area contributed by atoms with E-state index in [4.69, 9.17) is 0 Å². The second kappa shape index (κ2) is 10.5. The molecule has 0 aromatic heterocycles. The highest BCUT2D eigenvalue weighted by Crippen LogP contribution is 2.49. The first kappa shape index (κ1) is 22.8. The molecule has 36 heavy (non-hydrogen) atoms. The molecule has 2 aliphatic rings. The Morgan fingerprint density at radius 1 is 0.389 bits per heavy atom. The van der Waals surface area contributed by atoms with E-state index >= 15 is 0 Å². The lowest BCUT2D eigenvalue weighted by Crippen LogP contribution is -2.07. The molecule has 2 saturated carbocycles. The monoisotopic (exact) mass is 466 g/mol. The van der Waals surface area contributed by atoms with Crippen LogP contribution in [0.15, 0.2) is 132 Å². The maximum absolute atomic E-state index is 2.28. The van der Waals surface area contributed by atoms with Crippen molar-refractivity contribution in [3.8, 4) is 0 Å². The second-order valence-electron chi connectivity index (χ2n) is 10.4. The summed E-state index contributed by atoms with van der Waals surface area (Å²) in [5.74, 6) is 1.57. The average Bonchev–Trinajstić information content (AvgIpc) is 3.62. The molecule has 0 aliphatic heterocycles. The minimum atomic E-state index is 0.785. The second-order valence-corrected chi connectivity index (χ2v) is 10.4. The first-order valence-corrected chi connectivity index (χ1v) is 13.5. The van der Waals surface area contributed by atoms with Gasteiger partial charge in [0.25, 0.3) is 0 Å². The van der Waals surface area contributed by atoms with Crippen LogP contribution in [0, 0.1) is 11.8 Å². The normalized spacial score (nSPS) is 19.4. The van der Waals surface area contributed by atoms with Crippen molar-refractivity contribution >= 4 is 11.1 Å². The van der Waals surface area contributed by atoms with Gasteiger partial charge in [0.2, 0.25) is 0 Å². The minimum Gasteiger partial charge on any atom is -0.0622 e. The van der Waals surface area contributed by atoms with E-state index in [2.05, 4.69) is 121 Å². The van der Waals surface area contributed by atoms with Crippen LogP contribution in [-0.2, 0) is 0 Å². The summed E-state index contributed by atoms with van der Waals surface area (Å²) in [7, 11) is 0. The van der Waals surface area contributed by atoms with E-state index < -0.39 is 0 Å². The third-order valence-electron chi connectivity index (χ3n) is 8.27. The summed E-state index contributed by atoms with van der Waals surface area (Å²) in [5, 5.41) is 0. The van der Waals surface area contributed by atoms with Crippen LogP contribution < -0.4 is 0 Å². The molecule has 2 unspecified atom stereocenters. The lowest BCUT2D eigenvalue weighted by atomic mass is 9.86. The van der Waals surface area contributed by atoms with E-state index in [1.165, 1.54) is 71.9 Å². The van der Waals surface area contributed by atoms with Gasteiger partial charge < -0.3 is 0 Å². The van der Waals surface area contributed by atoms with Crippen molar-refractivity contribution in [3.63, 3.8) is 0 Å². The summed E-state index contributed by atoms with van der Waals surface area (Å²) in [4.78, 5) is 0. The Balaban J connectivity index is 1.30. The molecule has 4 aromatic carbocycles. The molecule has 0 amide bonds. The molecular weight excluding hydrogens is 432 g/mol. The van der Waals surface area contributed by atoms with Crippen LogP contribution in [0.3, 0.4) is 0 Å². The maximum atomic E-state index is 2.28. The third-order valence-corrected chi connectivity index (χ3v) is 8.27. The van der Waals surface area contributed by atoms with Crippen LogP contribution in [0.2, 0.25) is 0 Å². The molecule has 0 nitrogen and oxygen atoms in total. The van der Waals surface area contributed by atoms with E-state index in [9.17, 15) is 0 Å². The SMILES string of the molecule is c1ccc(C(=C2CCC(C3CCC(=C(c4ccccc4)c4ccccc4)C3)C2)c2ccccc2)cc1. The first-order chi connectivity index (χ1) is 17.9. The zero-order valence-corrected chi connectivity index (χ0v) is 20.9.